The Morgan fingerprint density at radius 1 is 1.29 bits per heavy atom. The highest BCUT2D eigenvalue weighted by Gasteiger charge is 2.17. The first-order valence-corrected chi connectivity index (χ1v) is 7.49. The maximum absolute atomic E-state index is 11.6. The van der Waals surface area contributed by atoms with Gasteiger partial charge in [0, 0.05) is 6.54 Å². The Labute approximate surface area is 127 Å². The van der Waals surface area contributed by atoms with Gasteiger partial charge in [-0.2, -0.15) is 0 Å². The first-order chi connectivity index (χ1) is 10.1. The summed E-state index contributed by atoms with van der Waals surface area (Å²) in [5, 5.41) is 0. The monoisotopic (exact) mass is 294 g/mol. The highest BCUT2D eigenvalue weighted by molar-refractivity contribution is 5.77. The number of carbonyl (C=O) groups is 1. The molecule has 0 fully saturated rings. The van der Waals surface area contributed by atoms with E-state index >= 15 is 0 Å². The molecule has 2 N–H and O–H groups in total. The van der Waals surface area contributed by atoms with E-state index in [1.54, 1.807) is 19.1 Å². The molecule has 0 aromatic heterocycles. The first kappa shape index (κ1) is 17.5. The van der Waals surface area contributed by atoms with Gasteiger partial charge in [-0.3, -0.25) is 0 Å². The Morgan fingerprint density at radius 3 is 2.62 bits per heavy atom. The predicted octanol–water partition coefficient (Wildman–Crippen LogP) is 1.97. The lowest BCUT2D eigenvalue weighted by molar-refractivity contribution is -0.144. The maximum Gasteiger partial charge on any atom is 0.327 e. The zero-order valence-corrected chi connectivity index (χ0v) is 13.2. The molecule has 0 saturated carbocycles. The van der Waals surface area contributed by atoms with E-state index in [0.717, 1.165) is 25.4 Å². The molecule has 0 aliphatic rings. The van der Waals surface area contributed by atoms with Crippen molar-refractivity contribution in [2.75, 3.05) is 32.8 Å². The molecule has 1 aromatic rings. The van der Waals surface area contributed by atoms with Crippen LogP contribution >= 0.6 is 0 Å². The van der Waals surface area contributed by atoms with Gasteiger partial charge in [0.15, 0.2) is 0 Å². The fourth-order valence-corrected chi connectivity index (χ4v) is 2.00. The molecule has 5 nitrogen and oxygen atoms in total. The molecule has 118 valence electrons. The van der Waals surface area contributed by atoms with Crippen LogP contribution in [0.1, 0.15) is 32.4 Å². The van der Waals surface area contributed by atoms with E-state index in [9.17, 15) is 4.79 Å². The van der Waals surface area contributed by atoms with Crippen LogP contribution in [0.2, 0.25) is 0 Å². The third kappa shape index (κ3) is 5.73. The number of hydrogen-bond donors (Lipinski definition) is 1. The van der Waals surface area contributed by atoms with Gasteiger partial charge >= 0.3 is 5.97 Å². The highest BCUT2D eigenvalue weighted by Crippen LogP contribution is 2.19. The smallest absolute Gasteiger partial charge is 0.327 e. The van der Waals surface area contributed by atoms with Crippen LogP contribution in [0.5, 0.6) is 5.75 Å². The molecule has 1 atom stereocenters. The van der Waals surface area contributed by atoms with Crippen molar-refractivity contribution in [2.24, 2.45) is 5.73 Å². The Bertz CT molecular complexity index is 433. The second-order valence-corrected chi connectivity index (χ2v) is 4.68. The van der Waals surface area contributed by atoms with Crippen LogP contribution in [0.25, 0.3) is 0 Å². The largest absolute Gasteiger partial charge is 0.492 e. The van der Waals surface area contributed by atoms with Gasteiger partial charge in [0.05, 0.1) is 6.61 Å². The van der Waals surface area contributed by atoms with Crippen molar-refractivity contribution in [3.8, 4) is 5.75 Å². The fourth-order valence-electron chi connectivity index (χ4n) is 2.00. The average Bonchev–Trinajstić information content (AvgIpc) is 2.51. The lowest BCUT2D eigenvalue weighted by atomic mass is 10.1. The zero-order chi connectivity index (χ0) is 15.7. The lowest BCUT2D eigenvalue weighted by Crippen LogP contribution is -2.28. The van der Waals surface area contributed by atoms with Crippen LogP contribution in [0.3, 0.4) is 0 Å². The topological polar surface area (TPSA) is 64.8 Å². The van der Waals surface area contributed by atoms with Crippen LogP contribution in [0, 0.1) is 0 Å². The van der Waals surface area contributed by atoms with Crippen molar-refractivity contribution in [1.29, 1.82) is 0 Å². The molecular formula is C16H26N2O3. The molecule has 0 bridgehead atoms. The van der Waals surface area contributed by atoms with Gasteiger partial charge in [-0.25, -0.2) is 4.79 Å². The van der Waals surface area contributed by atoms with Crippen LogP contribution in [0.4, 0.5) is 0 Å². The number of likely N-dealkylation sites (N-methyl/N-ethyl adjacent to an activating group) is 1. The minimum Gasteiger partial charge on any atom is -0.492 e. The Kier molecular flexibility index (Phi) is 7.79. The summed E-state index contributed by atoms with van der Waals surface area (Å²) in [5.74, 6) is 0.303. The molecule has 0 spiro atoms. The van der Waals surface area contributed by atoms with Gasteiger partial charge in [0.1, 0.15) is 18.4 Å². The van der Waals surface area contributed by atoms with E-state index < -0.39 is 12.0 Å². The normalized spacial score (nSPS) is 12.2. The molecule has 0 aliphatic heterocycles. The molecular weight excluding hydrogens is 268 g/mol. The Balaban J connectivity index is 2.58. The minimum atomic E-state index is -0.767. The van der Waals surface area contributed by atoms with E-state index in [4.69, 9.17) is 15.2 Å². The molecule has 5 heteroatoms. The second-order valence-electron chi connectivity index (χ2n) is 4.68. The number of rotatable bonds is 9. The van der Waals surface area contributed by atoms with Gasteiger partial charge in [-0.05, 0) is 37.7 Å². The summed E-state index contributed by atoms with van der Waals surface area (Å²) in [4.78, 5) is 13.9. The third-order valence-corrected chi connectivity index (χ3v) is 3.33. The summed E-state index contributed by atoms with van der Waals surface area (Å²) in [6.45, 7) is 9.84. The van der Waals surface area contributed by atoms with E-state index in [1.165, 1.54) is 0 Å². The number of esters is 1. The van der Waals surface area contributed by atoms with Crippen molar-refractivity contribution in [3.63, 3.8) is 0 Å². The number of nitrogens with two attached hydrogens (primary N) is 1. The van der Waals surface area contributed by atoms with E-state index in [2.05, 4.69) is 18.7 Å². The highest BCUT2D eigenvalue weighted by atomic mass is 16.5. The van der Waals surface area contributed by atoms with Gasteiger partial charge < -0.3 is 20.1 Å². The molecule has 0 aliphatic carbocycles. The summed E-state index contributed by atoms with van der Waals surface area (Å²) in [6.07, 6.45) is 0. The maximum atomic E-state index is 11.6. The third-order valence-electron chi connectivity index (χ3n) is 3.33. The number of ether oxygens (including phenoxy) is 2. The number of benzene rings is 1. The average molecular weight is 294 g/mol. The van der Waals surface area contributed by atoms with Crippen molar-refractivity contribution in [2.45, 2.75) is 26.8 Å². The van der Waals surface area contributed by atoms with Crippen molar-refractivity contribution in [1.82, 2.24) is 4.90 Å². The summed E-state index contributed by atoms with van der Waals surface area (Å²) < 4.78 is 10.6. The van der Waals surface area contributed by atoms with E-state index in [1.807, 2.05) is 12.1 Å². The molecule has 1 aromatic carbocycles. The molecule has 21 heavy (non-hydrogen) atoms. The Hall–Kier alpha value is -1.59. The number of hydrogen-bond acceptors (Lipinski definition) is 5. The zero-order valence-electron chi connectivity index (χ0n) is 13.2. The van der Waals surface area contributed by atoms with Crippen molar-refractivity contribution in [3.05, 3.63) is 29.8 Å². The molecule has 0 amide bonds. The molecule has 0 heterocycles. The van der Waals surface area contributed by atoms with Crippen LogP contribution in [-0.4, -0.2) is 43.7 Å². The van der Waals surface area contributed by atoms with Gasteiger partial charge in [-0.15, -0.1) is 0 Å². The lowest BCUT2D eigenvalue weighted by Gasteiger charge is -2.18. The molecule has 0 radical (unpaired) electrons. The summed E-state index contributed by atoms with van der Waals surface area (Å²) >= 11 is 0. The van der Waals surface area contributed by atoms with E-state index in [-0.39, 0.29) is 0 Å². The minimum absolute atomic E-state index is 0.326. The molecule has 0 saturated heterocycles. The Morgan fingerprint density at radius 2 is 2.00 bits per heavy atom. The molecule has 1 unspecified atom stereocenters. The summed E-state index contributed by atoms with van der Waals surface area (Å²) in [5.41, 5.74) is 6.58. The quantitative estimate of drug-likeness (QED) is 0.705. The summed E-state index contributed by atoms with van der Waals surface area (Å²) in [6, 6.07) is 6.53. The van der Waals surface area contributed by atoms with Crippen LogP contribution in [-0.2, 0) is 9.53 Å². The fraction of sp³-hybridized carbons (Fsp3) is 0.562. The summed E-state index contributed by atoms with van der Waals surface area (Å²) in [7, 11) is 0. The standard InChI is InChI=1S/C16H26N2O3/c1-4-18(5-2)10-11-21-14-9-7-8-13(12-14)15(17)16(19)20-6-3/h7-9,12,15H,4-6,10-11,17H2,1-3H3. The van der Waals surface area contributed by atoms with Gasteiger partial charge in [-0.1, -0.05) is 26.0 Å². The second kappa shape index (κ2) is 9.37. The van der Waals surface area contributed by atoms with Crippen LogP contribution in [0.15, 0.2) is 24.3 Å². The number of carbonyl (C=O) groups excluding carboxylic acids is 1. The number of nitrogens with zero attached hydrogens (tertiary/aromatic N) is 1. The first-order valence-electron chi connectivity index (χ1n) is 7.49. The molecule has 1 rings (SSSR count). The van der Waals surface area contributed by atoms with Gasteiger partial charge in [0.2, 0.25) is 0 Å². The van der Waals surface area contributed by atoms with E-state index in [0.29, 0.717) is 18.8 Å². The van der Waals surface area contributed by atoms with Crippen molar-refractivity contribution < 1.29 is 14.3 Å². The van der Waals surface area contributed by atoms with Gasteiger partial charge in [0.25, 0.3) is 0 Å². The van der Waals surface area contributed by atoms with Crippen molar-refractivity contribution >= 4 is 5.97 Å². The van der Waals surface area contributed by atoms with Crippen LogP contribution < -0.4 is 10.5 Å². The SMILES string of the molecule is CCOC(=O)C(N)c1cccc(OCCN(CC)CC)c1. The predicted molar refractivity (Wildman–Crippen MR) is 83.3 cm³/mol.